The Morgan fingerprint density at radius 3 is 1.26 bits per heavy atom. The fourth-order valence-electron chi connectivity index (χ4n) is 4.73. The minimum absolute atomic E-state index is 0.151. The molecule has 0 unspecified atom stereocenters. The van der Waals surface area contributed by atoms with E-state index < -0.39 is 96.1 Å². The second-order valence-corrected chi connectivity index (χ2v) is 20.7. The Morgan fingerprint density at radius 1 is 0.581 bits per heavy atom. The minimum Gasteiger partial charge on any atom is -0.544 e. The molecule has 0 saturated heterocycles. The van der Waals surface area contributed by atoms with Crippen LogP contribution in [-0.2, 0) is 57.6 Å². The van der Waals surface area contributed by atoms with Crippen LogP contribution in [0.15, 0.2) is 108 Å². The van der Waals surface area contributed by atoms with Crippen LogP contribution < -0.4 is 92.5 Å². The number of carboxylic acids is 8. The third-order valence-electron chi connectivity index (χ3n) is 9.81. The summed E-state index contributed by atoms with van der Waals surface area (Å²) in [5.74, 6) is -4.31. The third-order valence-corrected chi connectivity index (χ3v) is 13.0. The number of nitrogens with two attached hydrogens (primary N) is 1. The molecule has 3 aromatic carbocycles. The van der Waals surface area contributed by atoms with Gasteiger partial charge in [-0.2, -0.15) is 0 Å². The van der Waals surface area contributed by atoms with E-state index in [1.165, 1.54) is 12.2 Å². The van der Waals surface area contributed by atoms with Crippen LogP contribution in [0.3, 0.4) is 0 Å². The Labute approximate surface area is 515 Å². The van der Waals surface area contributed by atoms with E-state index in [1.807, 2.05) is 24.3 Å². The summed E-state index contributed by atoms with van der Waals surface area (Å²) in [4.78, 5) is 85.9. The maximum Gasteiger partial charge on any atom is 0.129 e. The van der Waals surface area contributed by atoms with E-state index in [0.29, 0.717) is 71.0 Å². The Kier molecular flexibility index (Phi) is 54.7. The van der Waals surface area contributed by atoms with Gasteiger partial charge in [0.15, 0.2) is 0 Å². The van der Waals surface area contributed by atoms with Crippen molar-refractivity contribution >= 4 is 91.0 Å². The van der Waals surface area contributed by atoms with Crippen molar-refractivity contribution in [2.75, 3.05) is 13.1 Å². The second-order valence-electron chi connectivity index (χ2n) is 17.1. The number of benzene rings is 3. The molecule has 8 atom stereocenters. The summed E-state index contributed by atoms with van der Waals surface area (Å²) in [7, 11) is 0. The minimum atomic E-state index is -1.21. The molecule has 0 saturated carbocycles. The third kappa shape index (κ3) is 52.3. The maximum atomic E-state index is 10.4. The van der Waals surface area contributed by atoms with Gasteiger partial charge < -0.3 is 109 Å². The number of carbonyl (C=O) groups is 8. The molecule has 0 spiro atoms. The number of carboxylic acid groups (broad SMARTS) is 8. The van der Waals surface area contributed by atoms with Crippen molar-refractivity contribution in [1.82, 2.24) is 0 Å². The summed E-state index contributed by atoms with van der Waals surface area (Å²) >= 11 is 2.52. The Hall–Kier alpha value is -8.47. The molecule has 33 heteroatoms. The SMILES string of the molecule is C#CCC[C@H]([NH3+])C(=O)[O-].C#Cc1ccc(C[C@H]([NH3+])C(=O)[O-])cc1.C=CC[C@H]([NH3+])C(=O)[O-].C=C[C@H]([NH3+])C(=O)[O-].NCC[Se]C[C@H]([NH3+])C(=O)[O-].[N-]=[N+]=NCC[C@H]([NH3+])C(=O)[O-].[N-]=[N+]=Nc1ccc(C[C@H]([NH3+])C(=O)[O-])cc1.[NH3+][C@@H](Cc1ccc(I)cc1)C(=O)[O-]. The summed E-state index contributed by atoms with van der Waals surface area (Å²) in [6.45, 7) is 7.34. The van der Waals surface area contributed by atoms with Crippen LogP contribution in [-0.4, -0.2) is 124 Å². The molecule has 3 rings (SSSR count). The molecule has 0 radical (unpaired) electrons. The quantitative estimate of drug-likeness (QED) is 0.00500. The number of terminal acetylenes is 2. The van der Waals surface area contributed by atoms with E-state index in [1.54, 1.807) is 48.5 Å². The van der Waals surface area contributed by atoms with Crippen LogP contribution in [0.1, 0.15) is 47.9 Å². The molecule has 0 aliphatic heterocycles. The summed E-state index contributed by atoms with van der Waals surface area (Å²) in [5, 5.41) is 88.9. The van der Waals surface area contributed by atoms with Crippen molar-refractivity contribution in [2.24, 2.45) is 16.0 Å². The number of rotatable bonds is 27. The average Bonchev–Trinajstić information content (AvgIpc) is 3.56. The van der Waals surface area contributed by atoms with Crippen LogP contribution in [0.25, 0.3) is 20.9 Å². The summed E-state index contributed by atoms with van der Waals surface area (Å²) in [6, 6.07) is 15.9. The Balaban J connectivity index is -0.000000294. The van der Waals surface area contributed by atoms with E-state index in [9.17, 15) is 79.2 Å². The van der Waals surface area contributed by atoms with Gasteiger partial charge in [0.2, 0.25) is 0 Å². The van der Waals surface area contributed by atoms with Crippen LogP contribution in [0.5, 0.6) is 0 Å². The van der Waals surface area contributed by atoms with E-state index >= 15 is 0 Å². The number of quaternary nitrogens is 8. The smallest absolute Gasteiger partial charge is 0.129 e. The normalized spacial score (nSPS) is 12.1. The zero-order valence-electron chi connectivity index (χ0n) is 47.3. The molecule has 3 aromatic rings. The zero-order valence-corrected chi connectivity index (χ0v) is 51.2. The predicted octanol–water partition coefficient (Wildman–Crippen LogP) is -14.6. The monoisotopic (exact) mass is 1390 g/mol. The summed E-state index contributed by atoms with van der Waals surface area (Å²) < 4.78 is 1.13. The molecular formula is C53H76IN15O16Se. The van der Waals surface area contributed by atoms with E-state index in [-0.39, 0.29) is 13.0 Å². The summed E-state index contributed by atoms with van der Waals surface area (Å²) in [5.41, 5.74) is 52.0. The van der Waals surface area contributed by atoms with Crippen molar-refractivity contribution in [3.05, 3.63) is 145 Å². The van der Waals surface area contributed by atoms with E-state index in [4.69, 9.17) is 29.6 Å². The van der Waals surface area contributed by atoms with Gasteiger partial charge in [-0.3, -0.25) is 0 Å². The zero-order chi connectivity index (χ0) is 67.3. The Morgan fingerprint density at radius 2 is 0.965 bits per heavy atom. The van der Waals surface area contributed by atoms with Gasteiger partial charge in [-0.15, -0.1) is 25.3 Å². The van der Waals surface area contributed by atoms with Gasteiger partial charge >= 0.3 is 65.5 Å². The van der Waals surface area contributed by atoms with Crippen molar-refractivity contribution in [2.45, 2.75) is 104 Å². The fraction of sp³-hybridized carbons (Fsp3) is 0.358. The summed E-state index contributed by atoms with van der Waals surface area (Å²) in [6.07, 6.45) is 15.4. The first-order valence-corrected chi connectivity index (χ1v) is 28.5. The number of aliphatic carboxylic acids is 8. The van der Waals surface area contributed by atoms with Crippen LogP contribution in [0.4, 0.5) is 5.69 Å². The Bertz CT molecular complexity index is 2710. The first-order valence-electron chi connectivity index (χ1n) is 25.0. The molecule has 0 aliphatic rings. The van der Waals surface area contributed by atoms with Crippen LogP contribution in [0.2, 0.25) is 10.6 Å². The molecule has 0 bridgehead atoms. The number of azide groups is 2. The topological polar surface area (TPSA) is 666 Å². The average molecular weight is 1390 g/mol. The first-order chi connectivity index (χ1) is 40.3. The molecule has 0 aromatic heterocycles. The fourth-order valence-corrected chi connectivity index (χ4v) is 6.67. The number of hydrogen-bond donors (Lipinski definition) is 9. The van der Waals surface area contributed by atoms with Gasteiger partial charge in [0.1, 0.15) is 48.3 Å². The molecule has 0 amide bonds. The molecule has 0 aliphatic carbocycles. The van der Waals surface area contributed by atoms with Gasteiger partial charge in [0, 0.05) is 76.1 Å². The van der Waals surface area contributed by atoms with Crippen molar-refractivity contribution in [3.63, 3.8) is 0 Å². The molecule has 0 fully saturated rings. The van der Waals surface area contributed by atoms with E-state index in [0.717, 1.165) is 31.1 Å². The first kappa shape index (κ1) is 86.3. The van der Waals surface area contributed by atoms with Gasteiger partial charge in [-0.1, -0.05) is 77.3 Å². The largest absolute Gasteiger partial charge is 0.544 e. The number of carbonyl (C=O) groups excluding carboxylic acids is 8. The number of hydrogen-bond acceptors (Lipinski definition) is 19. The molecular weight excluding hydrogens is 1310 g/mol. The van der Waals surface area contributed by atoms with Gasteiger partial charge in [0.25, 0.3) is 0 Å². The maximum absolute atomic E-state index is 10.4. The second kappa shape index (κ2) is 54.5. The van der Waals surface area contributed by atoms with Gasteiger partial charge in [0.05, 0.1) is 35.8 Å². The van der Waals surface area contributed by atoms with Gasteiger partial charge in [-0.25, -0.2) is 0 Å². The molecule has 26 N–H and O–H groups in total. The molecule has 86 heavy (non-hydrogen) atoms. The number of nitrogens with zero attached hydrogens (tertiary/aromatic N) is 6. The van der Waals surface area contributed by atoms with Crippen LogP contribution in [0, 0.1) is 28.3 Å². The number of halogens is 1. The predicted molar refractivity (Wildman–Crippen MR) is 299 cm³/mol. The van der Waals surface area contributed by atoms with E-state index in [2.05, 4.69) is 114 Å². The standard InChI is InChI=1S/C11H11NO2.C9H10INO2.C9H10N4O2.C6H9NO2.C5H12N2O2Se.C5H9NO2.C4H8N4O2.C4H7NO2/c1-2-8-3-5-9(6-4-8)7-10(12)11(13)14;10-7-3-1-6(2-4-7)5-8(11)9(12)13;10-8(9(14)15)5-6-1-3-7(4-2-6)12-13-11;1-2-3-4-5(7)6(8)9;6-1-2-10-3-4(7)5(8)9;1-2-3-4(6)5(7)8;5-3(4(9)10)1-2-7-8-6;1-2-3(5)4(6)7/h1,3-6,10H,7,12H2,(H,13,14);1-4,8H,5,11H2,(H,12,13);1-4,8H,5,10H2,(H,14,15);1,5H,3-4,7H2,(H,8,9);4H,1-3,6-7H2,(H,8,9);2,4H,1,3,6H2,(H,7,8);3H,1-2,5H2,(H,9,10);2-3H,1,5H2,(H,6,7)/t10-;2*8-;5-;2*4-;2*3-/m00000000/s1. The van der Waals surface area contributed by atoms with Crippen molar-refractivity contribution < 1.29 is 125 Å². The van der Waals surface area contributed by atoms with Crippen molar-refractivity contribution in [1.29, 1.82) is 0 Å². The molecule has 0 heterocycles. The molecule has 472 valence electrons. The van der Waals surface area contributed by atoms with Gasteiger partial charge in [-0.05, 0) is 80.7 Å². The van der Waals surface area contributed by atoms with Crippen molar-refractivity contribution in [3.8, 4) is 24.7 Å². The van der Waals surface area contributed by atoms with Crippen LogP contribution >= 0.6 is 22.6 Å². The molecule has 31 nitrogen and oxygen atoms in total.